The van der Waals surface area contributed by atoms with Crippen LogP contribution in [0.5, 0.6) is 11.5 Å². The van der Waals surface area contributed by atoms with E-state index in [0.717, 1.165) is 41.4 Å². The third-order valence-corrected chi connectivity index (χ3v) is 3.59. The molecule has 21 heavy (non-hydrogen) atoms. The average Bonchev–Trinajstić information content (AvgIpc) is 2.49. The van der Waals surface area contributed by atoms with Crippen LogP contribution in [0, 0.1) is 6.92 Å². The lowest BCUT2D eigenvalue weighted by Crippen LogP contribution is -2.15. The van der Waals surface area contributed by atoms with Crippen LogP contribution in [-0.4, -0.2) is 19.8 Å². The fourth-order valence-electron chi connectivity index (χ4n) is 2.47. The standard InChI is InChI=1S/C17H20N2O2/c1-12-10-14(18)3-4-15(12)19-7-6-13-2-5-16-17(11-13)21-9-8-20-16/h2-5,10-11,19H,6-9,18H2,1H3. The predicted octanol–water partition coefficient (Wildman–Crippen LogP) is 3.00. The quantitative estimate of drug-likeness (QED) is 0.847. The fourth-order valence-corrected chi connectivity index (χ4v) is 2.47. The zero-order chi connectivity index (χ0) is 14.7. The van der Waals surface area contributed by atoms with E-state index in [1.807, 2.05) is 24.3 Å². The highest BCUT2D eigenvalue weighted by Crippen LogP contribution is 2.30. The largest absolute Gasteiger partial charge is 0.486 e. The molecule has 3 N–H and O–H groups in total. The lowest BCUT2D eigenvalue weighted by molar-refractivity contribution is 0.171. The van der Waals surface area contributed by atoms with Crippen molar-refractivity contribution in [1.82, 2.24) is 0 Å². The first-order valence-electron chi connectivity index (χ1n) is 7.21. The normalized spacial score (nSPS) is 13.0. The van der Waals surface area contributed by atoms with Crippen molar-refractivity contribution in [2.24, 2.45) is 0 Å². The lowest BCUT2D eigenvalue weighted by Gasteiger charge is -2.19. The van der Waals surface area contributed by atoms with Gasteiger partial charge in [0.1, 0.15) is 13.2 Å². The minimum Gasteiger partial charge on any atom is -0.486 e. The van der Waals surface area contributed by atoms with Crippen molar-refractivity contribution in [3.8, 4) is 11.5 Å². The molecule has 3 rings (SSSR count). The van der Waals surface area contributed by atoms with Crippen molar-refractivity contribution in [2.75, 3.05) is 30.8 Å². The van der Waals surface area contributed by atoms with Gasteiger partial charge in [-0.15, -0.1) is 0 Å². The molecular weight excluding hydrogens is 264 g/mol. The van der Waals surface area contributed by atoms with Crippen molar-refractivity contribution in [1.29, 1.82) is 0 Å². The maximum atomic E-state index is 5.76. The first-order chi connectivity index (χ1) is 10.2. The first-order valence-corrected chi connectivity index (χ1v) is 7.21. The maximum absolute atomic E-state index is 5.76. The van der Waals surface area contributed by atoms with Gasteiger partial charge in [0.15, 0.2) is 11.5 Å². The van der Waals surface area contributed by atoms with Gasteiger partial charge in [-0.25, -0.2) is 0 Å². The molecule has 1 aliphatic rings. The molecule has 0 fully saturated rings. The number of hydrogen-bond acceptors (Lipinski definition) is 4. The van der Waals surface area contributed by atoms with Gasteiger partial charge in [-0.05, 0) is 54.8 Å². The first kappa shape index (κ1) is 13.6. The molecule has 0 unspecified atom stereocenters. The summed E-state index contributed by atoms with van der Waals surface area (Å²) in [6, 6.07) is 12.1. The monoisotopic (exact) mass is 284 g/mol. The van der Waals surface area contributed by atoms with E-state index in [-0.39, 0.29) is 0 Å². The highest BCUT2D eigenvalue weighted by atomic mass is 16.6. The van der Waals surface area contributed by atoms with Crippen LogP contribution in [0.15, 0.2) is 36.4 Å². The molecule has 1 heterocycles. The fraction of sp³-hybridized carbons (Fsp3) is 0.294. The zero-order valence-corrected chi connectivity index (χ0v) is 12.2. The summed E-state index contributed by atoms with van der Waals surface area (Å²) in [5, 5.41) is 3.44. The van der Waals surface area contributed by atoms with E-state index in [2.05, 4.69) is 24.4 Å². The Morgan fingerprint density at radius 3 is 2.67 bits per heavy atom. The molecule has 0 amide bonds. The van der Waals surface area contributed by atoms with Crippen LogP contribution in [0.2, 0.25) is 0 Å². The number of ether oxygens (including phenoxy) is 2. The third-order valence-electron chi connectivity index (χ3n) is 3.59. The number of nitrogens with one attached hydrogen (secondary N) is 1. The third kappa shape index (κ3) is 3.21. The second kappa shape index (κ2) is 5.95. The molecule has 0 spiro atoms. The van der Waals surface area contributed by atoms with Gasteiger partial charge in [-0.1, -0.05) is 6.07 Å². The lowest BCUT2D eigenvalue weighted by atomic mass is 10.1. The van der Waals surface area contributed by atoms with Crippen molar-refractivity contribution in [3.63, 3.8) is 0 Å². The molecule has 110 valence electrons. The van der Waals surface area contributed by atoms with Gasteiger partial charge in [0.05, 0.1) is 0 Å². The molecular formula is C17H20N2O2. The summed E-state index contributed by atoms with van der Waals surface area (Å²) >= 11 is 0. The highest BCUT2D eigenvalue weighted by Gasteiger charge is 2.11. The Kier molecular flexibility index (Phi) is 3.86. The molecule has 0 saturated carbocycles. The van der Waals surface area contributed by atoms with E-state index in [1.54, 1.807) is 0 Å². The molecule has 0 aliphatic carbocycles. The summed E-state index contributed by atoms with van der Waals surface area (Å²) in [5.74, 6) is 1.69. The molecule has 0 radical (unpaired) electrons. The Labute approximate surface area is 124 Å². The molecule has 0 bridgehead atoms. The van der Waals surface area contributed by atoms with Gasteiger partial charge in [0.25, 0.3) is 0 Å². The molecule has 2 aromatic rings. The van der Waals surface area contributed by atoms with Crippen LogP contribution >= 0.6 is 0 Å². The summed E-state index contributed by atoms with van der Waals surface area (Å²) in [4.78, 5) is 0. The van der Waals surface area contributed by atoms with E-state index in [4.69, 9.17) is 15.2 Å². The molecule has 1 aliphatic heterocycles. The van der Waals surface area contributed by atoms with Crippen LogP contribution in [0.3, 0.4) is 0 Å². The second-order valence-electron chi connectivity index (χ2n) is 5.23. The van der Waals surface area contributed by atoms with E-state index < -0.39 is 0 Å². The van der Waals surface area contributed by atoms with Crippen LogP contribution < -0.4 is 20.5 Å². The molecule has 0 atom stereocenters. The van der Waals surface area contributed by atoms with E-state index >= 15 is 0 Å². The topological polar surface area (TPSA) is 56.5 Å². The van der Waals surface area contributed by atoms with Gasteiger partial charge in [-0.2, -0.15) is 0 Å². The summed E-state index contributed by atoms with van der Waals surface area (Å²) in [5.41, 5.74) is 10.1. The van der Waals surface area contributed by atoms with E-state index in [9.17, 15) is 0 Å². The smallest absolute Gasteiger partial charge is 0.161 e. The Morgan fingerprint density at radius 2 is 1.86 bits per heavy atom. The van der Waals surface area contributed by atoms with Crippen LogP contribution in [-0.2, 0) is 6.42 Å². The Hall–Kier alpha value is -2.36. The Morgan fingerprint density at radius 1 is 1.05 bits per heavy atom. The SMILES string of the molecule is Cc1cc(N)ccc1NCCc1ccc2c(c1)OCCO2. The van der Waals surface area contributed by atoms with E-state index in [0.29, 0.717) is 13.2 Å². The summed E-state index contributed by atoms with van der Waals surface area (Å²) in [7, 11) is 0. The molecule has 2 aromatic carbocycles. The van der Waals surface area contributed by atoms with Gasteiger partial charge in [0, 0.05) is 17.9 Å². The molecule has 0 aromatic heterocycles. The second-order valence-corrected chi connectivity index (χ2v) is 5.23. The van der Waals surface area contributed by atoms with Gasteiger partial charge < -0.3 is 20.5 Å². The zero-order valence-electron chi connectivity index (χ0n) is 12.2. The highest BCUT2D eigenvalue weighted by molar-refractivity contribution is 5.57. The number of hydrogen-bond donors (Lipinski definition) is 2. The number of nitrogen functional groups attached to an aromatic ring is 1. The van der Waals surface area contributed by atoms with Crippen molar-refractivity contribution < 1.29 is 9.47 Å². The summed E-state index contributed by atoms with van der Waals surface area (Å²) < 4.78 is 11.1. The predicted molar refractivity (Wildman–Crippen MR) is 85.2 cm³/mol. The summed E-state index contributed by atoms with van der Waals surface area (Å²) in [6.07, 6.45) is 0.931. The minimum absolute atomic E-state index is 0.624. The van der Waals surface area contributed by atoms with Gasteiger partial charge in [-0.3, -0.25) is 0 Å². The number of nitrogens with two attached hydrogens (primary N) is 1. The Bertz CT molecular complexity index is 641. The van der Waals surface area contributed by atoms with Crippen molar-refractivity contribution >= 4 is 11.4 Å². The van der Waals surface area contributed by atoms with Gasteiger partial charge in [0.2, 0.25) is 0 Å². The van der Waals surface area contributed by atoms with Crippen molar-refractivity contribution in [2.45, 2.75) is 13.3 Å². The minimum atomic E-state index is 0.624. The number of anilines is 2. The van der Waals surface area contributed by atoms with Crippen LogP contribution in [0.4, 0.5) is 11.4 Å². The molecule has 4 heteroatoms. The number of fused-ring (bicyclic) bond motifs is 1. The van der Waals surface area contributed by atoms with Crippen molar-refractivity contribution in [3.05, 3.63) is 47.5 Å². The number of benzene rings is 2. The number of aryl methyl sites for hydroxylation is 1. The Balaban J connectivity index is 1.60. The average molecular weight is 284 g/mol. The molecule has 0 saturated heterocycles. The number of rotatable bonds is 4. The summed E-state index contributed by atoms with van der Waals surface area (Å²) in [6.45, 7) is 4.18. The maximum Gasteiger partial charge on any atom is 0.161 e. The molecule has 4 nitrogen and oxygen atoms in total. The van der Waals surface area contributed by atoms with Gasteiger partial charge >= 0.3 is 0 Å². The van der Waals surface area contributed by atoms with Crippen LogP contribution in [0.1, 0.15) is 11.1 Å². The van der Waals surface area contributed by atoms with Crippen LogP contribution in [0.25, 0.3) is 0 Å². The van der Waals surface area contributed by atoms with E-state index in [1.165, 1.54) is 5.56 Å².